The van der Waals surface area contributed by atoms with E-state index in [1.807, 2.05) is 30.6 Å². The molecular weight excluding hydrogens is 538 g/mol. The molecule has 188 valence electrons. The van der Waals surface area contributed by atoms with Crippen molar-refractivity contribution in [1.82, 2.24) is 20.4 Å². The molecule has 0 aliphatic carbocycles. The molecule has 0 aromatic carbocycles. The Morgan fingerprint density at radius 2 is 1.56 bits per heavy atom. The predicted molar refractivity (Wildman–Crippen MR) is 131 cm³/mol. The summed E-state index contributed by atoms with van der Waals surface area (Å²) in [7, 11) is 0. The Kier molecular flexibility index (Phi) is 15.7. The Hall–Kier alpha value is -1.27. The van der Waals surface area contributed by atoms with Gasteiger partial charge in [0.25, 0.3) is 0 Å². The van der Waals surface area contributed by atoms with Crippen LogP contribution in [0.25, 0.3) is 0 Å². The number of alkyl halides is 3. The molecule has 32 heavy (non-hydrogen) atoms. The summed E-state index contributed by atoms with van der Waals surface area (Å²) in [6.45, 7) is 9.12. The number of nitrogens with zero attached hydrogens (tertiary/aromatic N) is 3. The lowest BCUT2D eigenvalue weighted by Gasteiger charge is -2.35. The minimum Gasteiger partial charge on any atom is -0.357 e. The fraction of sp³-hybridized carbons (Fsp3) is 0.857. The molecule has 7 nitrogen and oxygen atoms in total. The van der Waals surface area contributed by atoms with Crippen molar-refractivity contribution < 1.29 is 22.8 Å². The molecule has 11 heteroatoms. The zero-order valence-corrected chi connectivity index (χ0v) is 21.8. The fourth-order valence-corrected chi connectivity index (χ4v) is 3.26. The number of hydrogen-bond donors (Lipinski definition) is 2. The van der Waals surface area contributed by atoms with Gasteiger partial charge in [-0.25, -0.2) is 0 Å². The van der Waals surface area contributed by atoms with Crippen LogP contribution in [-0.4, -0.2) is 79.6 Å². The van der Waals surface area contributed by atoms with Crippen LogP contribution in [0, 0.1) is 5.92 Å². The van der Waals surface area contributed by atoms with Crippen LogP contribution in [-0.2, 0) is 9.59 Å². The van der Waals surface area contributed by atoms with E-state index in [2.05, 4.69) is 15.6 Å². The maximum Gasteiger partial charge on any atom is 0.390 e. The monoisotopic (exact) mass is 577 g/mol. The SMILES string of the molecule is CCNC(=NCCCCCC(=O)N1CCN(C(=O)CC(C)C)CC1)NCCC(F)(F)F.I. The molecule has 1 rings (SSSR count). The average Bonchev–Trinajstić information content (AvgIpc) is 2.69. The van der Waals surface area contributed by atoms with Gasteiger partial charge in [0, 0.05) is 58.7 Å². The van der Waals surface area contributed by atoms with Gasteiger partial charge in [0.15, 0.2) is 5.96 Å². The molecular formula is C21H39F3IN5O2. The van der Waals surface area contributed by atoms with E-state index in [-0.39, 0.29) is 42.3 Å². The van der Waals surface area contributed by atoms with E-state index in [0.29, 0.717) is 64.0 Å². The first kappa shape index (κ1) is 30.7. The Labute approximate surface area is 207 Å². The van der Waals surface area contributed by atoms with Crippen molar-refractivity contribution in [2.45, 2.75) is 65.5 Å². The smallest absolute Gasteiger partial charge is 0.357 e. The number of unbranched alkanes of at least 4 members (excludes halogenated alkanes) is 2. The quantitative estimate of drug-likeness (QED) is 0.171. The van der Waals surface area contributed by atoms with Gasteiger partial charge < -0.3 is 20.4 Å². The lowest BCUT2D eigenvalue weighted by Crippen LogP contribution is -2.50. The van der Waals surface area contributed by atoms with Gasteiger partial charge in [-0.1, -0.05) is 20.3 Å². The topological polar surface area (TPSA) is 77.0 Å². The standard InChI is InChI=1S/C21H38F3N5O2.HI/c1-4-25-20(27-11-9-21(22,23)24)26-10-7-5-6-8-18(30)28-12-14-29(15-13-28)19(31)16-17(2)3;/h17H,4-16H2,1-3H3,(H2,25,26,27);1H. The summed E-state index contributed by atoms with van der Waals surface area (Å²) in [5.41, 5.74) is 0. The lowest BCUT2D eigenvalue weighted by atomic mass is 10.1. The van der Waals surface area contributed by atoms with Gasteiger partial charge in [-0.15, -0.1) is 24.0 Å². The molecule has 0 radical (unpaired) electrons. The second-order valence-electron chi connectivity index (χ2n) is 8.22. The summed E-state index contributed by atoms with van der Waals surface area (Å²) in [4.78, 5) is 32.4. The first-order valence-electron chi connectivity index (χ1n) is 11.3. The molecule has 1 aliphatic rings. The lowest BCUT2D eigenvalue weighted by molar-refractivity contribution is -0.140. The van der Waals surface area contributed by atoms with E-state index >= 15 is 0 Å². The summed E-state index contributed by atoms with van der Waals surface area (Å²) in [6.07, 6.45) is -1.74. The largest absolute Gasteiger partial charge is 0.390 e. The average molecular weight is 577 g/mol. The van der Waals surface area contributed by atoms with E-state index in [1.165, 1.54) is 0 Å². The molecule has 0 spiro atoms. The van der Waals surface area contributed by atoms with Gasteiger partial charge in [-0.05, 0) is 25.7 Å². The molecule has 0 bridgehead atoms. The van der Waals surface area contributed by atoms with Crippen LogP contribution in [0.2, 0.25) is 0 Å². The highest BCUT2D eigenvalue weighted by Gasteiger charge is 2.26. The zero-order chi connectivity index (χ0) is 23.3. The first-order valence-corrected chi connectivity index (χ1v) is 11.3. The molecule has 1 fully saturated rings. The van der Waals surface area contributed by atoms with Crippen LogP contribution >= 0.6 is 24.0 Å². The predicted octanol–water partition coefficient (Wildman–Crippen LogP) is 3.39. The van der Waals surface area contributed by atoms with Crippen LogP contribution in [0.3, 0.4) is 0 Å². The van der Waals surface area contributed by atoms with E-state index in [1.54, 1.807) is 0 Å². The van der Waals surface area contributed by atoms with Gasteiger partial charge >= 0.3 is 6.18 Å². The Morgan fingerprint density at radius 3 is 2.09 bits per heavy atom. The molecule has 1 aliphatic heterocycles. The van der Waals surface area contributed by atoms with Crippen LogP contribution in [0.15, 0.2) is 4.99 Å². The van der Waals surface area contributed by atoms with Crippen molar-refractivity contribution in [2.75, 3.05) is 45.8 Å². The second-order valence-corrected chi connectivity index (χ2v) is 8.22. The number of nitrogens with one attached hydrogen (secondary N) is 2. The molecule has 2 amide bonds. The molecule has 2 N–H and O–H groups in total. The van der Waals surface area contributed by atoms with Crippen LogP contribution in [0.1, 0.15) is 59.3 Å². The number of amides is 2. The van der Waals surface area contributed by atoms with Crippen LogP contribution in [0.4, 0.5) is 13.2 Å². The van der Waals surface area contributed by atoms with Gasteiger partial charge in [-0.2, -0.15) is 13.2 Å². The normalized spacial score (nSPS) is 14.9. The summed E-state index contributed by atoms with van der Waals surface area (Å²) < 4.78 is 36.7. The molecule has 0 atom stereocenters. The van der Waals surface area contributed by atoms with Gasteiger partial charge in [0.05, 0.1) is 6.42 Å². The summed E-state index contributed by atoms with van der Waals surface area (Å²) in [6, 6.07) is 0. The molecule has 0 unspecified atom stereocenters. The van der Waals surface area contributed by atoms with E-state index in [4.69, 9.17) is 0 Å². The highest BCUT2D eigenvalue weighted by molar-refractivity contribution is 14.0. The number of guanidine groups is 1. The zero-order valence-electron chi connectivity index (χ0n) is 19.5. The van der Waals surface area contributed by atoms with E-state index < -0.39 is 12.6 Å². The minimum absolute atomic E-state index is 0. The number of carbonyl (C=O) groups is 2. The molecule has 1 heterocycles. The summed E-state index contributed by atoms with van der Waals surface area (Å²) in [5, 5.41) is 5.61. The number of rotatable bonds is 11. The summed E-state index contributed by atoms with van der Waals surface area (Å²) >= 11 is 0. The van der Waals surface area contributed by atoms with Gasteiger partial charge in [-0.3, -0.25) is 14.6 Å². The number of halogens is 4. The van der Waals surface area contributed by atoms with E-state index in [0.717, 1.165) is 19.3 Å². The van der Waals surface area contributed by atoms with Crippen molar-refractivity contribution in [3.8, 4) is 0 Å². The highest BCUT2D eigenvalue weighted by Crippen LogP contribution is 2.18. The maximum atomic E-state index is 12.4. The first-order chi connectivity index (χ1) is 14.6. The van der Waals surface area contributed by atoms with Crippen molar-refractivity contribution >= 4 is 41.8 Å². The number of piperazine rings is 1. The van der Waals surface area contributed by atoms with Gasteiger partial charge in [0.2, 0.25) is 11.8 Å². The van der Waals surface area contributed by atoms with Crippen molar-refractivity contribution in [1.29, 1.82) is 0 Å². The third-order valence-electron chi connectivity index (χ3n) is 4.93. The van der Waals surface area contributed by atoms with Crippen LogP contribution < -0.4 is 10.6 Å². The number of carbonyl (C=O) groups excluding carboxylic acids is 2. The van der Waals surface area contributed by atoms with Crippen LogP contribution in [0.5, 0.6) is 0 Å². The molecule has 0 aromatic rings. The maximum absolute atomic E-state index is 12.4. The number of aliphatic imine (C=N–C) groups is 1. The third-order valence-corrected chi connectivity index (χ3v) is 4.93. The third kappa shape index (κ3) is 14.0. The molecule has 1 saturated heterocycles. The Morgan fingerprint density at radius 1 is 0.969 bits per heavy atom. The van der Waals surface area contributed by atoms with Crippen molar-refractivity contribution in [2.24, 2.45) is 10.9 Å². The minimum atomic E-state index is -4.19. The molecule has 0 aromatic heterocycles. The highest BCUT2D eigenvalue weighted by atomic mass is 127. The second kappa shape index (κ2) is 16.4. The Balaban J connectivity index is 0.00000961. The number of hydrogen-bond acceptors (Lipinski definition) is 3. The fourth-order valence-electron chi connectivity index (χ4n) is 3.26. The summed E-state index contributed by atoms with van der Waals surface area (Å²) in [5.74, 6) is 0.989. The molecule has 0 saturated carbocycles. The van der Waals surface area contributed by atoms with Crippen molar-refractivity contribution in [3.63, 3.8) is 0 Å². The van der Waals surface area contributed by atoms with Crippen molar-refractivity contribution in [3.05, 3.63) is 0 Å². The van der Waals surface area contributed by atoms with E-state index in [9.17, 15) is 22.8 Å². The Bertz CT molecular complexity index is 580. The van der Waals surface area contributed by atoms with Gasteiger partial charge in [0.1, 0.15) is 0 Å².